The van der Waals surface area contributed by atoms with Gasteiger partial charge in [0.25, 0.3) is 0 Å². The molecule has 0 unspecified atom stereocenters. The van der Waals surface area contributed by atoms with Gasteiger partial charge in [0.05, 0.1) is 32.6 Å². The van der Waals surface area contributed by atoms with Crippen LogP contribution in [0, 0.1) is 11.3 Å². The molecule has 0 saturated heterocycles. The van der Waals surface area contributed by atoms with Crippen LogP contribution in [0.15, 0.2) is 60.0 Å². The van der Waals surface area contributed by atoms with E-state index in [1.807, 2.05) is 23.6 Å². The van der Waals surface area contributed by atoms with E-state index in [0.29, 0.717) is 27.8 Å². The molecule has 0 saturated carbocycles. The topological polar surface area (TPSA) is 64.4 Å². The third-order valence-corrected chi connectivity index (χ3v) is 5.79. The molecule has 31 heavy (non-hydrogen) atoms. The molecule has 0 bridgehead atoms. The Balaban J connectivity index is 1.76. The van der Waals surface area contributed by atoms with Gasteiger partial charge in [0.1, 0.15) is 11.1 Å². The van der Waals surface area contributed by atoms with Gasteiger partial charge in [0.15, 0.2) is 11.5 Å². The average molecular weight is 429 g/mol. The van der Waals surface area contributed by atoms with E-state index < -0.39 is 0 Å². The molecule has 3 aromatic carbocycles. The molecular weight excluding hydrogens is 408 g/mol. The van der Waals surface area contributed by atoms with Gasteiger partial charge in [-0.1, -0.05) is 42.5 Å². The first-order valence-electron chi connectivity index (χ1n) is 9.54. The highest BCUT2D eigenvalue weighted by molar-refractivity contribution is 7.11. The van der Waals surface area contributed by atoms with Crippen LogP contribution in [0.25, 0.3) is 33.7 Å². The largest absolute Gasteiger partial charge is 0.493 e. The van der Waals surface area contributed by atoms with E-state index in [4.69, 9.17) is 19.2 Å². The van der Waals surface area contributed by atoms with E-state index >= 15 is 0 Å². The van der Waals surface area contributed by atoms with E-state index in [0.717, 1.165) is 27.6 Å². The zero-order valence-electron chi connectivity index (χ0n) is 17.4. The minimum Gasteiger partial charge on any atom is -0.493 e. The van der Waals surface area contributed by atoms with Crippen LogP contribution in [0.4, 0.5) is 0 Å². The summed E-state index contributed by atoms with van der Waals surface area (Å²) in [5, 5.41) is 14.7. The zero-order chi connectivity index (χ0) is 21.8. The summed E-state index contributed by atoms with van der Waals surface area (Å²) in [5.74, 6) is 1.56. The summed E-state index contributed by atoms with van der Waals surface area (Å²) in [4.78, 5) is 4.76. The first-order chi connectivity index (χ1) is 15.2. The van der Waals surface area contributed by atoms with Crippen molar-refractivity contribution in [2.75, 3.05) is 21.3 Å². The molecule has 0 atom stereocenters. The van der Waals surface area contributed by atoms with Crippen molar-refractivity contribution >= 4 is 33.8 Å². The third kappa shape index (κ3) is 3.96. The van der Waals surface area contributed by atoms with Gasteiger partial charge in [-0.3, -0.25) is 0 Å². The number of aromatic nitrogens is 1. The van der Waals surface area contributed by atoms with Crippen molar-refractivity contribution in [3.05, 3.63) is 70.5 Å². The molecular formula is C25H20N2O3S. The number of nitriles is 1. The summed E-state index contributed by atoms with van der Waals surface area (Å²) < 4.78 is 16.2. The fraction of sp³-hybridized carbons (Fsp3) is 0.120. The van der Waals surface area contributed by atoms with Crippen LogP contribution in [0.3, 0.4) is 0 Å². The summed E-state index contributed by atoms with van der Waals surface area (Å²) in [7, 11) is 4.68. The molecule has 154 valence electrons. The molecule has 4 rings (SSSR count). The van der Waals surface area contributed by atoms with Crippen LogP contribution in [-0.4, -0.2) is 26.3 Å². The maximum Gasteiger partial charge on any atom is 0.203 e. The Morgan fingerprint density at radius 3 is 2.35 bits per heavy atom. The standard InChI is InChI=1S/C25H20N2O3S/c1-28-22-12-16(13-23(29-2)24(22)30-3)11-18(14-26)25-27-21(15-31-25)20-10-6-8-17-7-4-5-9-19(17)20/h4-13,15H,1-3H3. The van der Waals surface area contributed by atoms with Crippen molar-refractivity contribution in [3.8, 4) is 34.6 Å². The first-order valence-corrected chi connectivity index (χ1v) is 10.4. The fourth-order valence-corrected chi connectivity index (χ4v) is 4.25. The second kappa shape index (κ2) is 8.90. The number of nitrogens with zero attached hydrogens (tertiary/aromatic N) is 2. The number of hydrogen-bond acceptors (Lipinski definition) is 6. The zero-order valence-corrected chi connectivity index (χ0v) is 18.2. The molecule has 0 amide bonds. The van der Waals surface area contributed by atoms with Crippen molar-refractivity contribution < 1.29 is 14.2 Å². The van der Waals surface area contributed by atoms with Gasteiger partial charge in [-0.15, -0.1) is 11.3 Å². The lowest BCUT2D eigenvalue weighted by Gasteiger charge is -2.13. The van der Waals surface area contributed by atoms with Gasteiger partial charge >= 0.3 is 0 Å². The lowest BCUT2D eigenvalue weighted by Crippen LogP contribution is -1.95. The normalized spacial score (nSPS) is 11.2. The number of benzene rings is 3. The molecule has 1 heterocycles. The average Bonchev–Trinajstić information content (AvgIpc) is 3.31. The van der Waals surface area contributed by atoms with E-state index in [9.17, 15) is 5.26 Å². The Bertz CT molecular complexity index is 1290. The molecule has 0 fully saturated rings. The number of hydrogen-bond donors (Lipinski definition) is 0. The number of methoxy groups -OCH3 is 3. The number of allylic oxidation sites excluding steroid dienone is 1. The molecule has 6 heteroatoms. The molecule has 0 radical (unpaired) electrons. The van der Waals surface area contributed by atoms with Crippen molar-refractivity contribution in [1.29, 1.82) is 5.26 Å². The lowest BCUT2D eigenvalue weighted by molar-refractivity contribution is 0.324. The van der Waals surface area contributed by atoms with E-state index in [1.54, 1.807) is 39.5 Å². The maximum atomic E-state index is 9.81. The van der Waals surface area contributed by atoms with Gasteiger partial charge in [0.2, 0.25) is 5.75 Å². The summed E-state index contributed by atoms with van der Waals surface area (Å²) >= 11 is 1.44. The van der Waals surface area contributed by atoms with Crippen LogP contribution in [0.2, 0.25) is 0 Å². The third-order valence-electron chi connectivity index (χ3n) is 4.92. The smallest absolute Gasteiger partial charge is 0.203 e. The summed E-state index contributed by atoms with van der Waals surface area (Å²) in [6.07, 6.45) is 1.77. The van der Waals surface area contributed by atoms with E-state index in [2.05, 4.69) is 30.3 Å². The molecule has 5 nitrogen and oxygen atoms in total. The predicted octanol–water partition coefficient (Wildman–Crippen LogP) is 6.05. The summed E-state index contributed by atoms with van der Waals surface area (Å²) in [6.45, 7) is 0. The quantitative estimate of drug-likeness (QED) is 0.350. The SMILES string of the molecule is COc1cc(C=C(C#N)c2nc(-c3cccc4ccccc34)cs2)cc(OC)c1OC. The summed E-state index contributed by atoms with van der Waals surface area (Å²) in [5.41, 5.74) is 3.12. The molecule has 0 spiro atoms. The van der Waals surface area contributed by atoms with Crippen molar-refractivity contribution in [2.24, 2.45) is 0 Å². The second-order valence-electron chi connectivity index (χ2n) is 6.69. The minimum atomic E-state index is 0.464. The fourth-order valence-electron chi connectivity index (χ4n) is 3.46. The number of rotatable bonds is 6. The Morgan fingerprint density at radius 2 is 1.68 bits per heavy atom. The van der Waals surface area contributed by atoms with Crippen molar-refractivity contribution in [3.63, 3.8) is 0 Å². The summed E-state index contributed by atoms with van der Waals surface area (Å²) in [6, 6.07) is 20.2. The Hall–Kier alpha value is -3.82. The highest BCUT2D eigenvalue weighted by atomic mass is 32.1. The maximum absolute atomic E-state index is 9.81. The van der Waals surface area contributed by atoms with Gasteiger partial charge < -0.3 is 14.2 Å². The predicted molar refractivity (Wildman–Crippen MR) is 125 cm³/mol. The van der Waals surface area contributed by atoms with Crippen LogP contribution < -0.4 is 14.2 Å². The first kappa shape index (κ1) is 20.5. The Kier molecular flexibility index (Phi) is 5.87. The molecule has 0 aliphatic rings. The van der Waals surface area contributed by atoms with E-state index in [-0.39, 0.29) is 0 Å². The molecule has 0 N–H and O–H groups in total. The monoisotopic (exact) mass is 428 g/mol. The second-order valence-corrected chi connectivity index (χ2v) is 7.55. The molecule has 1 aromatic heterocycles. The van der Waals surface area contributed by atoms with Crippen LogP contribution >= 0.6 is 11.3 Å². The molecule has 0 aliphatic heterocycles. The Morgan fingerprint density at radius 1 is 0.968 bits per heavy atom. The minimum absolute atomic E-state index is 0.464. The highest BCUT2D eigenvalue weighted by Gasteiger charge is 2.15. The molecule has 4 aromatic rings. The van der Waals surface area contributed by atoms with Crippen molar-refractivity contribution in [1.82, 2.24) is 4.98 Å². The van der Waals surface area contributed by atoms with E-state index in [1.165, 1.54) is 11.3 Å². The van der Waals surface area contributed by atoms with Gasteiger partial charge in [0, 0.05) is 10.9 Å². The van der Waals surface area contributed by atoms with Crippen LogP contribution in [-0.2, 0) is 0 Å². The van der Waals surface area contributed by atoms with Gasteiger partial charge in [-0.05, 0) is 34.5 Å². The lowest BCUT2D eigenvalue weighted by atomic mass is 10.0. The van der Waals surface area contributed by atoms with Crippen LogP contribution in [0.5, 0.6) is 17.2 Å². The molecule has 0 aliphatic carbocycles. The number of fused-ring (bicyclic) bond motifs is 1. The number of ether oxygens (including phenoxy) is 3. The van der Waals surface area contributed by atoms with Gasteiger partial charge in [-0.25, -0.2) is 4.98 Å². The highest BCUT2D eigenvalue weighted by Crippen LogP contribution is 2.39. The van der Waals surface area contributed by atoms with Gasteiger partial charge in [-0.2, -0.15) is 5.26 Å². The van der Waals surface area contributed by atoms with Crippen molar-refractivity contribution in [2.45, 2.75) is 0 Å². The Labute approximate surface area is 184 Å². The van der Waals surface area contributed by atoms with Crippen LogP contribution in [0.1, 0.15) is 10.6 Å². The number of thiazole rings is 1.